The number of hydrogen-bond donors (Lipinski definition) is 0. The van der Waals surface area contributed by atoms with Crippen molar-refractivity contribution in [1.82, 2.24) is 0 Å². The molecule has 0 aromatic carbocycles. The lowest BCUT2D eigenvalue weighted by atomic mass is 9.59. The molecule has 4 aliphatic carbocycles. The zero-order valence-electron chi connectivity index (χ0n) is 24.7. The minimum absolute atomic E-state index is 0.0196. The van der Waals surface area contributed by atoms with Gasteiger partial charge in [0.2, 0.25) is 0 Å². The summed E-state index contributed by atoms with van der Waals surface area (Å²) in [4.78, 5) is 25.1. The summed E-state index contributed by atoms with van der Waals surface area (Å²) in [5.41, 5.74) is 4.79. The summed E-state index contributed by atoms with van der Waals surface area (Å²) in [6.45, 7) is 12.5. The molecular weight excluding hydrogens is 552 g/mol. The molecule has 1 saturated heterocycles. The predicted molar refractivity (Wildman–Crippen MR) is 159 cm³/mol. The lowest BCUT2D eigenvalue weighted by Crippen LogP contribution is -2.38. The van der Waals surface area contributed by atoms with Gasteiger partial charge in [-0.15, -0.1) is 0 Å². The summed E-state index contributed by atoms with van der Waals surface area (Å²) in [5, 5.41) is 0.228. The second-order valence-corrected chi connectivity index (χ2v) is 14.5. The average molecular weight is 602 g/mol. The van der Waals surface area contributed by atoms with Crippen LogP contribution in [0.3, 0.4) is 0 Å². The van der Waals surface area contributed by atoms with Crippen LogP contribution in [-0.4, -0.2) is 30.0 Å². The van der Waals surface area contributed by atoms with Crippen LogP contribution in [0.15, 0.2) is 34.9 Å². The summed E-state index contributed by atoms with van der Waals surface area (Å²) in [6.07, 6.45) is 17.2. The van der Waals surface area contributed by atoms with Crippen molar-refractivity contribution >= 4 is 27.9 Å². The molecule has 9 atom stereocenters. The Labute approximate surface area is 244 Å². The van der Waals surface area contributed by atoms with Crippen LogP contribution in [0.4, 0.5) is 0 Å². The quantitative estimate of drug-likeness (QED) is 0.168. The molecule has 0 spiro atoms. The molecule has 1 aliphatic heterocycles. The lowest BCUT2D eigenvalue weighted by molar-refractivity contribution is -0.147. The SMILES string of the molecule is CC(C)[C@@H](C)/C=C/[C@@H](C)C1CCC2/C(=C/[C@H]3C4=C(CC[C@H](OC(=O)CBr)C4)CC4COC(=O)C43)CCCC21C. The number of halogens is 1. The van der Waals surface area contributed by atoms with Gasteiger partial charge in [0.15, 0.2) is 0 Å². The number of ether oxygens (including phenoxy) is 2. The Hall–Kier alpha value is -1.36. The van der Waals surface area contributed by atoms with E-state index in [0.29, 0.717) is 47.5 Å². The first-order valence-electron chi connectivity index (χ1n) is 15.6. The smallest absolute Gasteiger partial charge is 0.316 e. The number of rotatable bonds is 7. The molecule has 5 unspecified atom stereocenters. The fourth-order valence-electron chi connectivity index (χ4n) is 8.94. The third-order valence-corrected chi connectivity index (χ3v) is 11.9. The molecule has 5 aliphatic rings. The van der Waals surface area contributed by atoms with Crippen LogP contribution >= 0.6 is 15.9 Å². The molecule has 5 heteroatoms. The normalized spacial score (nSPS) is 38.9. The Balaban J connectivity index is 1.42. The summed E-state index contributed by atoms with van der Waals surface area (Å²) in [7, 11) is 0. The van der Waals surface area contributed by atoms with Crippen molar-refractivity contribution in [2.45, 2.75) is 98.5 Å². The topological polar surface area (TPSA) is 52.6 Å². The van der Waals surface area contributed by atoms with Gasteiger partial charge in [0.1, 0.15) is 11.4 Å². The van der Waals surface area contributed by atoms with Crippen molar-refractivity contribution < 1.29 is 19.1 Å². The van der Waals surface area contributed by atoms with Crippen LogP contribution in [0.2, 0.25) is 0 Å². The van der Waals surface area contributed by atoms with Gasteiger partial charge in [0.05, 0.1) is 12.5 Å². The van der Waals surface area contributed by atoms with E-state index in [1.165, 1.54) is 36.8 Å². The fraction of sp³-hybridized carbons (Fsp3) is 0.765. The van der Waals surface area contributed by atoms with Gasteiger partial charge in [-0.3, -0.25) is 9.59 Å². The zero-order chi connectivity index (χ0) is 27.9. The third kappa shape index (κ3) is 5.72. The average Bonchev–Trinajstić information content (AvgIpc) is 3.46. The van der Waals surface area contributed by atoms with Gasteiger partial charge in [-0.05, 0) is 86.4 Å². The molecule has 0 aromatic heterocycles. The second-order valence-electron chi connectivity index (χ2n) is 13.9. The molecule has 0 aromatic rings. The first-order valence-corrected chi connectivity index (χ1v) is 16.8. The Morgan fingerprint density at radius 1 is 1.13 bits per heavy atom. The van der Waals surface area contributed by atoms with Crippen molar-refractivity contribution in [2.24, 2.45) is 52.8 Å². The maximum Gasteiger partial charge on any atom is 0.316 e. The molecular formula is C34H49BrO4. The van der Waals surface area contributed by atoms with Crippen LogP contribution in [0.1, 0.15) is 92.4 Å². The summed E-state index contributed by atoms with van der Waals surface area (Å²) in [5.74, 6) is 3.27. The molecule has 216 valence electrons. The van der Waals surface area contributed by atoms with Crippen LogP contribution in [0.5, 0.6) is 0 Å². The molecule has 2 saturated carbocycles. The van der Waals surface area contributed by atoms with E-state index in [4.69, 9.17) is 9.47 Å². The van der Waals surface area contributed by atoms with E-state index in [1.54, 1.807) is 5.57 Å². The van der Waals surface area contributed by atoms with Crippen molar-refractivity contribution in [3.8, 4) is 0 Å². The van der Waals surface area contributed by atoms with E-state index < -0.39 is 0 Å². The van der Waals surface area contributed by atoms with Gasteiger partial charge in [-0.25, -0.2) is 0 Å². The first kappa shape index (κ1) is 29.1. The fourth-order valence-corrected chi connectivity index (χ4v) is 9.07. The monoisotopic (exact) mass is 600 g/mol. The highest BCUT2D eigenvalue weighted by Crippen LogP contribution is 2.60. The number of alkyl halides is 1. The molecule has 0 amide bonds. The van der Waals surface area contributed by atoms with E-state index in [2.05, 4.69) is 68.8 Å². The van der Waals surface area contributed by atoms with Crippen LogP contribution in [-0.2, 0) is 19.1 Å². The predicted octanol–water partition coefficient (Wildman–Crippen LogP) is 8.21. The lowest BCUT2D eigenvalue weighted by Gasteiger charge is -2.45. The van der Waals surface area contributed by atoms with Gasteiger partial charge in [-0.2, -0.15) is 0 Å². The molecule has 39 heavy (non-hydrogen) atoms. The van der Waals surface area contributed by atoms with E-state index in [9.17, 15) is 9.59 Å². The highest BCUT2D eigenvalue weighted by Gasteiger charge is 2.52. The number of allylic oxidation sites excluding steroid dienone is 5. The van der Waals surface area contributed by atoms with Gasteiger partial charge in [0.25, 0.3) is 0 Å². The van der Waals surface area contributed by atoms with Gasteiger partial charge < -0.3 is 9.47 Å². The zero-order valence-corrected chi connectivity index (χ0v) is 26.3. The number of carbonyl (C=O) groups is 2. The van der Waals surface area contributed by atoms with Crippen molar-refractivity contribution in [2.75, 3.05) is 11.9 Å². The van der Waals surface area contributed by atoms with Crippen LogP contribution in [0, 0.1) is 52.8 Å². The Morgan fingerprint density at radius 2 is 1.92 bits per heavy atom. The Bertz CT molecular complexity index is 1040. The highest BCUT2D eigenvalue weighted by atomic mass is 79.9. The van der Waals surface area contributed by atoms with E-state index >= 15 is 0 Å². The molecule has 0 radical (unpaired) electrons. The Morgan fingerprint density at radius 3 is 2.67 bits per heavy atom. The summed E-state index contributed by atoms with van der Waals surface area (Å²) >= 11 is 3.24. The van der Waals surface area contributed by atoms with Gasteiger partial charge in [-0.1, -0.05) is 85.5 Å². The van der Waals surface area contributed by atoms with Crippen molar-refractivity contribution in [1.29, 1.82) is 0 Å². The third-order valence-electron chi connectivity index (χ3n) is 11.4. The van der Waals surface area contributed by atoms with Gasteiger partial charge in [0, 0.05) is 18.3 Å². The standard InChI is InChI=1S/C34H49BrO4/c1-20(2)21(3)8-9-22(4)29-12-13-30-24(7-6-14-34(29,30)5)16-28-27-17-26(39-31(36)18-35)11-10-23(27)15-25-19-38-33(37)32(25)28/h8-9,16,20-22,25-26,28-30,32H,6-7,10-15,17-19H2,1-5H3/b9-8+,24-16+/t21-,22+,25?,26-,28-,29?,30?,32?,34?/m0/s1. The van der Waals surface area contributed by atoms with Gasteiger partial charge >= 0.3 is 11.9 Å². The minimum atomic E-state index is -0.195. The molecule has 1 heterocycles. The van der Waals surface area contributed by atoms with Crippen molar-refractivity contribution in [3.05, 3.63) is 34.9 Å². The number of carbonyl (C=O) groups excluding carboxylic acids is 2. The van der Waals surface area contributed by atoms with Crippen molar-refractivity contribution in [3.63, 3.8) is 0 Å². The van der Waals surface area contributed by atoms with E-state index in [0.717, 1.165) is 32.1 Å². The maximum absolute atomic E-state index is 13.1. The molecule has 0 N–H and O–H groups in total. The summed E-state index contributed by atoms with van der Waals surface area (Å²) < 4.78 is 11.4. The second kappa shape index (κ2) is 11.9. The van der Waals surface area contributed by atoms with Crippen LogP contribution < -0.4 is 0 Å². The number of esters is 2. The number of hydrogen-bond acceptors (Lipinski definition) is 4. The molecule has 4 nitrogen and oxygen atoms in total. The number of cyclic esters (lactones) is 1. The largest absolute Gasteiger partial charge is 0.465 e. The van der Waals surface area contributed by atoms with E-state index in [1.807, 2.05) is 0 Å². The first-order chi connectivity index (χ1) is 18.6. The molecule has 0 bridgehead atoms. The summed E-state index contributed by atoms with van der Waals surface area (Å²) in [6, 6.07) is 0. The molecule has 3 fully saturated rings. The Kier molecular flexibility index (Phi) is 8.86. The maximum atomic E-state index is 13.1. The number of fused-ring (bicyclic) bond motifs is 2. The highest BCUT2D eigenvalue weighted by molar-refractivity contribution is 9.09. The van der Waals surface area contributed by atoms with E-state index in [-0.39, 0.29) is 35.2 Å². The van der Waals surface area contributed by atoms with Crippen LogP contribution in [0.25, 0.3) is 0 Å². The minimum Gasteiger partial charge on any atom is -0.465 e. The molecule has 5 rings (SSSR count).